The Morgan fingerprint density at radius 1 is 1.04 bits per heavy atom. The predicted molar refractivity (Wildman–Crippen MR) is 96.4 cm³/mol. The van der Waals surface area contributed by atoms with Crippen LogP contribution in [-0.4, -0.2) is 21.9 Å². The summed E-state index contributed by atoms with van der Waals surface area (Å²) < 4.78 is 2.23. The molecule has 1 aromatic carbocycles. The Morgan fingerprint density at radius 3 is 2.58 bits per heavy atom. The second-order valence-corrected chi connectivity index (χ2v) is 7.53. The van der Waals surface area contributed by atoms with Crippen molar-refractivity contribution >= 4 is 29.1 Å². The average Bonchev–Trinajstić information content (AvgIpc) is 3.27. The fraction of sp³-hybridized carbons (Fsp3) is 0.421. The van der Waals surface area contributed by atoms with Gasteiger partial charge in [0.2, 0.25) is 5.91 Å². The third-order valence-electron chi connectivity index (χ3n) is 5.29. The first-order chi connectivity index (χ1) is 11.6. The number of carbonyl (C=O) groups is 1. The van der Waals surface area contributed by atoms with Crippen LogP contribution in [0.4, 0.5) is 0 Å². The lowest BCUT2D eigenvalue weighted by atomic mass is 9.97. The van der Waals surface area contributed by atoms with Crippen LogP contribution in [0.3, 0.4) is 0 Å². The number of aromatic nitrogens is 1. The molecule has 4 rings (SSSR count). The highest BCUT2D eigenvalue weighted by Crippen LogP contribution is 2.38. The Hall–Kier alpha value is -1.45. The molecule has 126 valence electrons. The zero-order valence-corrected chi connectivity index (χ0v) is 14.9. The molecule has 2 aromatic rings. The SMILES string of the molecule is O=C(C1CCCC1)N1CCn2cccc2C1c1ccc(Cl)c(Cl)c1. The Kier molecular flexibility index (Phi) is 4.31. The summed E-state index contributed by atoms with van der Waals surface area (Å²) in [7, 11) is 0. The third-order valence-corrected chi connectivity index (χ3v) is 6.02. The van der Waals surface area contributed by atoms with Crippen LogP contribution < -0.4 is 0 Å². The fourth-order valence-electron chi connectivity index (χ4n) is 4.06. The summed E-state index contributed by atoms with van der Waals surface area (Å²) in [6, 6.07) is 9.75. The molecule has 3 nitrogen and oxygen atoms in total. The maximum Gasteiger partial charge on any atom is 0.226 e. The van der Waals surface area contributed by atoms with Gasteiger partial charge in [-0.3, -0.25) is 4.79 Å². The number of fused-ring (bicyclic) bond motifs is 1. The van der Waals surface area contributed by atoms with E-state index in [0.29, 0.717) is 10.0 Å². The van der Waals surface area contributed by atoms with Gasteiger partial charge in [-0.1, -0.05) is 42.1 Å². The normalized spacial score (nSPS) is 21.1. The molecule has 1 saturated carbocycles. The van der Waals surface area contributed by atoms with Gasteiger partial charge in [-0.15, -0.1) is 0 Å². The molecule has 0 bridgehead atoms. The fourth-order valence-corrected chi connectivity index (χ4v) is 4.37. The van der Waals surface area contributed by atoms with Gasteiger partial charge in [0, 0.05) is 30.9 Å². The van der Waals surface area contributed by atoms with E-state index in [1.807, 2.05) is 29.2 Å². The lowest BCUT2D eigenvalue weighted by molar-refractivity contribution is -0.138. The maximum absolute atomic E-state index is 13.1. The molecule has 1 aliphatic carbocycles. The first-order valence-electron chi connectivity index (χ1n) is 8.55. The first-order valence-corrected chi connectivity index (χ1v) is 9.31. The van der Waals surface area contributed by atoms with E-state index in [-0.39, 0.29) is 17.9 Å². The summed E-state index contributed by atoms with van der Waals surface area (Å²) in [4.78, 5) is 15.2. The van der Waals surface area contributed by atoms with E-state index in [0.717, 1.165) is 50.0 Å². The average molecular weight is 363 g/mol. The van der Waals surface area contributed by atoms with Crippen LogP contribution in [-0.2, 0) is 11.3 Å². The minimum absolute atomic E-state index is 0.0865. The Balaban J connectivity index is 1.75. The molecule has 2 aliphatic rings. The van der Waals surface area contributed by atoms with Crippen LogP contribution in [0.25, 0.3) is 0 Å². The molecule has 0 spiro atoms. The standard InChI is InChI=1S/C19H20Cl2N2O/c20-15-8-7-14(12-16(15)21)18-17-6-3-9-22(17)10-11-23(18)19(24)13-4-1-2-5-13/h3,6-9,12-13,18H,1-2,4-5,10-11H2. The molecule has 2 heterocycles. The highest BCUT2D eigenvalue weighted by Gasteiger charge is 2.36. The van der Waals surface area contributed by atoms with Crippen molar-refractivity contribution < 1.29 is 4.79 Å². The number of amides is 1. The third kappa shape index (κ3) is 2.74. The quantitative estimate of drug-likeness (QED) is 0.744. The predicted octanol–water partition coefficient (Wildman–Crippen LogP) is 4.92. The minimum Gasteiger partial charge on any atom is -0.348 e. The molecule has 24 heavy (non-hydrogen) atoms. The van der Waals surface area contributed by atoms with Gasteiger partial charge in [0.05, 0.1) is 16.1 Å². The number of rotatable bonds is 2. The molecular formula is C19H20Cl2N2O. The van der Waals surface area contributed by atoms with Crippen LogP contribution >= 0.6 is 23.2 Å². The first kappa shape index (κ1) is 16.0. The van der Waals surface area contributed by atoms with E-state index in [1.165, 1.54) is 0 Å². The molecule has 0 N–H and O–H groups in total. The number of hydrogen-bond acceptors (Lipinski definition) is 1. The molecule has 1 amide bonds. The van der Waals surface area contributed by atoms with Crippen LogP contribution in [0.1, 0.15) is 43.0 Å². The number of nitrogens with zero attached hydrogens (tertiary/aromatic N) is 2. The van der Waals surface area contributed by atoms with E-state index >= 15 is 0 Å². The van der Waals surface area contributed by atoms with Gasteiger partial charge in [0.1, 0.15) is 0 Å². The van der Waals surface area contributed by atoms with E-state index < -0.39 is 0 Å². The van der Waals surface area contributed by atoms with Crippen molar-refractivity contribution in [1.82, 2.24) is 9.47 Å². The van der Waals surface area contributed by atoms with Gasteiger partial charge in [0.25, 0.3) is 0 Å². The molecule has 0 radical (unpaired) electrons. The lowest BCUT2D eigenvalue weighted by Gasteiger charge is -2.39. The van der Waals surface area contributed by atoms with Gasteiger partial charge in [-0.25, -0.2) is 0 Å². The minimum atomic E-state index is -0.0865. The highest BCUT2D eigenvalue weighted by atomic mass is 35.5. The van der Waals surface area contributed by atoms with Crippen molar-refractivity contribution in [2.75, 3.05) is 6.54 Å². The van der Waals surface area contributed by atoms with Crippen molar-refractivity contribution in [2.45, 2.75) is 38.3 Å². The second-order valence-electron chi connectivity index (χ2n) is 6.72. The van der Waals surface area contributed by atoms with Crippen molar-refractivity contribution in [3.63, 3.8) is 0 Å². The van der Waals surface area contributed by atoms with Gasteiger partial charge >= 0.3 is 0 Å². The Labute approximate surface area is 152 Å². The lowest BCUT2D eigenvalue weighted by Crippen LogP contribution is -2.44. The van der Waals surface area contributed by atoms with Crippen molar-refractivity contribution in [3.05, 3.63) is 57.8 Å². The smallest absolute Gasteiger partial charge is 0.226 e. The molecule has 1 fully saturated rings. The molecular weight excluding hydrogens is 343 g/mol. The zero-order valence-electron chi connectivity index (χ0n) is 13.4. The number of halogens is 2. The number of benzene rings is 1. The summed E-state index contributed by atoms with van der Waals surface area (Å²) in [5, 5.41) is 1.08. The van der Waals surface area contributed by atoms with Gasteiger partial charge in [0.15, 0.2) is 0 Å². The van der Waals surface area contributed by atoms with Gasteiger partial charge in [-0.2, -0.15) is 0 Å². The zero-order chi connectivity index (χ0) is 16.7. The largest absolute Gasteiger partial charge is 0.348 e. The van der Waals surface area contributed by atoms with Crippen LogP contribution in [0.15, 0.2) is 36.5 Å². The molecule has 1 aromatic heterocycles. The summed E-state index contributed by atoms with van der Waals surface area (Å²) in [6.07, 6.45) is 6.45. The number of hydrogen-bond donors (Lipinski definition) is 0. The van der Waals surface area contributed by atoms with Gasteiger partial charge in [-0.05, 0) is 42.7 Å². The topological polar surface area (TPSA) is 25.2 Å². The second kappa shape index (κ2) is 6.45. The molecule has 1 unspecified atom stereocenters. The number of carbonyl (C=O) groups excluding carboxylic acids is 1. The van der Waals surface area contributed by atoms with Crippen LogP contribution in [0.5, 0.6) is 0 Å². The van der Waals surface area contributed by atoms with E-state index in [9.17, 15) is 4.79 Å². The van der Waals surface area contributed by atoms with E-state index in [2.05, 4.69) is 16.8 Å². The molecule has 1 aliphatic heterocycles. The summed E-state index contributed by atoms with van der Waals surface area (Å²) in [6.45, 7) is 1.58. The Morgan fingerprint density at radius 2 is 1.83 bits per heavy atom. The van der Waals surface area contributed by atoms with Crippen LogP contribution in [0, 0.1) is 5.92 Å². The summed E-state index contributed by atoms with van der Waals surface area (Å²) >= 11 is 12.3. The molecule has 5 heteroatoms. The molecule has 1 atom stereocenters. The summed E-state index contributed by atoms with van der Waals surface area (Å²) in [5.41, 5.74) is 2.17. The van der Waals surface area contributed by atoms with Gasteiger partial charge < -0.3 is 9.47 Å². The van der Waals surface area contributed by atoms with Crippen molar-refractivity contribution in [2.24, 2.45) is 5.92 Å². The Bertz CT molecular complexity index is 764. The summed E-state index contributed by atoms with van der Waals surface area (Å²) in [5.74, 6) is 0.466. The van der Waals surface area contributed by atoms with Crippen molar-refractivity contribution in [3.8, 4) is 0 Å². The van der Waals surface area contributed by atoms with Crippen LogP contribution in [0.2, 0.25) is 10.0 Å². The maximum atomic E-state index is 13.1. The van der Waals surface area contributed by atoms with E-state index in [1.54, 1.807) is 0 Å². The highest BCUT2D eigenvalue weighted by molar-refractivity contribution is 6.42. The monoisotopic (exact) mass is 362 g/mol. The van der Waals surface area contributed by atoms with Crippen molar-refractivity contribution in [1.29, 1.82) is 0 Å². The van der Waals surface area contributed by atoms with E-state index in [4.69, 9.17) is 23.2 Å². The molecule has 0 saturated heterocycles.